The van der Waals surface area contributed by atoms with Crippen molar-refractivity contribution in [2.75, 3.05) is 60.6 Å². The lowest BCUT2D eigenvalue weighted by Crippen LogP contribution is -2.33. The minimum Gasteiger partial charge on any atom is -0.394 e. The molecule has 5 heteroatoms. The lowest BCUT2D eigenvalue weighted by atomic mass is 10.3. The van der Waals surface area contributed by atoms with E-state index in [0.717, 1.165) is 19.7 Å². The molecule has 0 saturated carbocycles. The van der Waals surface area contributed by atoms with Crippen molar-refractivity contribution in [3.8, 4) is 0 Å². The molecule has 0 rings (SSSR count). The molecule has 0 fully saturated rings. The molecule has 0 aliphatic rings. The first-order valence-corrected chi connectivity index (χ1v) is 5.26. The monoisotopic (exact) mass is 220 g/mol. The van der Waals surface area contributed by atoms with Gasteiger partial charge in [-0.1, -0.05) is 0 Å². The van der Waals surface area contributed by atoms with Crippen molar-refractivity contribution in [1.29, 1.82) is 0 Å². The Hall–Kier alpha value is -0.200. The second kappa shape index (κ2) is 9.06. The van der Waals surface area contributed by atoms with Gasteiger partial charge in [-0.05, 0) is 21.1 Å². The third-order valence-electron chi connectivity index (χ3n) is 2.03. The Bertz CT molecular complexity index is 145. The van der Waals surface area contributed by atoms with Crippen LogP contribution in [0, 0.1) is 0 Å². The fraction of sp³-hybridized carbons (Fsp3) is 1.00. The van der Waals surface area contributed by atoms with Crippen molar-refractivity contribution in [3.63, 3.8) is 0 Å². The maximum Gasteiger partial charge on any atom is 0.0897 e. The smallest absolute Gasteiger partial charge is 0.0897 e. The normalized spacial score (nSPS) is 13.8. The number of ether oxygens (including phenoxy) is 1. The predicted octanol–water partition coefficient (Wildman–Crippen LogP) is -1.15. The Morgan fingerprint density at radius 3 is 2.27 bits per heavy atom. The van der Waals surface area contributed by atoms with Gasteiger partial charge in [-0.25, -0.2) is 0 Å². The minimum absolute atomic E-state index is 0.189. The molecule has 0 aromatic carbocycles. The van der Waals surface area contributed by atoms with E-state index >= 15 is 0 Å². The largest absolute Gasteiger partial charge is 0.394 e. The summed E-state index contributed by atoms with van der Waals surface area (Å²) < 4.78 is 5.40. The van der Waals surface area contributed by atoms with Crippen LogP contribution >= 0.6 is 0 Å². The number of likely N-dealkylation sites (N-methyl/N-ethyl adjacent to an activating group) is 2. The summed E-state index contributed by atoms with van der Waals surface area (Å²) in [5.74, 6) is 0. The SMILES string of the molecule is CN(C)CCOCCN(C)CC(O)CO. The van der Waals surface area contributed by atoms with Crippen LogP contribution in [-0.4, -0.2) is 86.7 Å². The minimum atomic E-state index is -0.656. The predicted molar refractivity (Wildman–Crippen MR) is 60.0 cm³/mol. The quantitative estimate of drug-likeness (QED) is 0.481. The standard InChI is InChI=1S/C10H24N2O3/c1-11(2)4-6-15-7-5-12(3)8-10(14)9-13/h10,13-14H,4-9H2,1-3H3. The van der Waals surface area contributed by atoms with E-state index in [1.165, 1.54) is 0 Å². The number of aliphatic hydroxyl groups is 2. The summed E-state index contributed by atoms with van der Waals surface area (Å²) in [5.41, 5.74) is 0. The van der Waals surface area contributed by atoms with E-state index in [2.05, 4.69) is 4.90 Å². The highest BCUT2D eigenvalue weighted by atomic mass is 16.5. The zero-order valence-corrected chi connectivity index (χ0v) is 10.0. The number of hydrogen-bond donors (Lipinski definition) is 2. The van der Waals surface area contributed by atoms with Gasteiger partial charge in [-0.3, -0.25) is 0 Å². The van der Waals surface area contributed by atoms with Gasteiger partial charge in [0.2, 0.25) is 0 Å². The first-order valence-electron chi connectivity index (χ1n) is 5.26. The summed E-state index contributed by atoms with van der Waals surface area (Å²) in [4.78, 5) is 4.01. The van der Waals surface area contributed by atoms with Crippen LogP contribution < -0.4 is 0 Å². The lowest BCUT2D eigenvalue weighted by molar-refractivity contribution is 0.0504. The molecule has 0 aliphatic heterocycles. The molecule has 2 N–H and O–H groups in total. The van der Waals surface area contributed by atoms with Crippen LogP contribution in [0.5, 0.6) is 0 Å². The highest BCUT2D eigenvalue weighted by molar-refractivity contribution is 4.59. The van der Waals surface area contributed by atoms with Gasteiger partial charge in [0.1, 0.15) is 0 Å². The third-order valence-corrected chi connectivity index (χ3v) is 2.03. The molecule has 5 nitrogen and oxygen atoms in total. The Kier molecular flexibility index (Phi) is 8.94. The lowest BCUT2D eigenvalue weighted by Gasteiger charge is -2.19. The number of hydrogen-bond acceptors (Lipinski definition) is 5. The Morgan fingerprint density at radius 1 is 1.13 bits per heavy atom. The fourth-order valence-corrected chi connectivity index (χ4v) is 1.08. The summed E-state index contributed by atoms with van der Waals surface area (Å²) >= 11 is 0. The van der Waals surface area contributed by atoms with Crippen molar-refractivity contribution >= 4 is 0 Å². The van der Waals surface area contributed by atoms with Gasteiger partial charge in [0, 0.05) is 19.6 Å². The maximum absolute atomic E-state index is 9.16. The molecule has 0 aliphatic carbocycles. The zero-order chi connectivity index (χ0) is 11.7. The number of nitrogens with zero attached hydrogens (tertiary/aromatic N) is 2. The van der Waals surface area contributed by atoms with Crippen molar-refractivity contribution in [1.82, 2.24) is 9.80 Å². The molecule has 0 amide bonds. The van der Waals surface area contributed by atoms with Crippen LogP contribution in [0.15, 0.2) is 0 Å². The zero-order valence-electron chi connectivity index (χ0n) is 10.0. The molecule has 0 spiro atoms. The first-order chi connectivity index (χ1) is 7.06. The summed E-state index contributed by atoms with van der Waals surface area (Å²) in [7, 11) is 5.91. The molecule has 1 atom stereocenters. The summed E-state index contributed by atoms with van der Waals surface area (Å²) in [6.45, 7) is 3.36. The van der Waals surface area contributed by atoms with Gasteiger partial charge < -0.3 is 24.7 Å². The molecule has 0 saturated heterocycles. The highest BCUT2D eigenvalue weighted by Gasteiger charge is 2.05. The van der Waals surface area contributed by atoms with Gasteiger partial charge in [0.05, 0.1) is 25.9 Å². The van der Waals surface area contributed by atoms with Gasteiger partial charge in [0.15, 0.2) is 0 Å². The molecule has 0 heterocycles. The first kappa shape index (κ1) is 14.8. The Balaban J connectivity index is 3.27. The van der Waals surface area contributed by atoms with Crippen molar-refractivity contribution < 1.29 is 14.9 Å². The average Bonchev–Trinajstić information content (AvgIpc) is 2.16. The second-order valence-electron chi connectivity index (χ2n) is 4.01. The molecule has 1 unspecified atom stereocenters. The van der Waals surface area contributed by atoms with Gasteiger partial charge >= 0.3 is 0 Å². The van der Waals surface area contributed by atoms with Crippen molar-refractivity contribution in [2.24, 2.45) is 0 Å². The van der Waals surface area contributed by atoms with E-state index in [4.69, 9.17) is 14.9 Å². The van der Waals surface area contributed by atoms with Gasteiger partial charge in [-0.15, -0.1) is 0 Å². The Morgan fingerprint density at radius 2 is 1.73 bits per heavy atom. The van der Waals surface area contributed by atoms with E-state index in [1.807, 2.05) is 26.0 Å². The summed E-state index contributed by atoms with van der Waals surface area (Å²) in [6.07, 6.45) is -0.656. The molecule has 15 heavy (non-hydrogen) atoms. The van der Waals surface area contributed by atoms with Crippen LogP contribution in [0.4, 0.5) is 0 Å². The summed E-state index contributed by atoms with van der Waals surface area (Å²) in [5, 5.41) is 17.8. The van der Waals surface area contributed by atoms with Crippen LogP contribution in [0.25, 0.3) is 0 Å². The molecule has 92 valence electrons. The van der Waals surface area contributed by atoms with Crippen molar-refractivity contribution in [3.05, 3.63) is 0 Å². The van der Waals surface area contributed by atoms with E-state index in [1.54, 1.807) is 0 Å². The molecule has 0 radical (unpaired) electrons. The Labute approximate surface area is 92.2 Å². The van der Waals surface area contributed by atoms with Crippen LogP contribution in [-0.2, 0) is 4.74 Å². The second-order valence-corrected chi connectivity index (χ2v) is 4.01. The van der Waals surface area contributed by atoms with Gasteiger partial charge in [0.25, 0.3) is 0 Å². The molecule has 0 bridgehead atoms. The van der Waals surface area contributed by atoms with E-state index in [9.17, 15) is 0 Å². The van der Waals surface area contributed by atoms with Crippen LogP contribution in [0.1, 0.15) is 0 Å². The molecular formula is C10H24N2O3. The number of rotatable bonds is 9. The third kappa shape index (κ3) is 10.1. The maximum atomic E-state index is 9.16. The van der Waals surface area contributed by atoms with E-state index in [-0.39, 0.29) is 6.61 Å². The fourth-order valence-electron chi connectivity index (χ4n) is 1.08. The average molecular weight is 220 g/mol. The molecular weight excluding hydrogens is 196 g/mol. The van der Waals surface area contributed by atoms with Crippen molar-refractivity contribution in [2.45, 2.75) is 6.10 Å². The van der Waals surface area contributed by atoms with E-state index in [0.29, 0.717) is 13.2 Å². The number of aliphatic hydroxyl groups excluding tert-OH is 2. The van der Waals surface area contributed by atoms with Crippen LogP contribution in [0.3, 0.4) is 0 Å². The van der Waals surface area contributed by atoms with Gasteiger partial charge in [-0.2, -0.15) is 0 Å². The topological polar surface area (TPSA) is 56.2 Å². The van der Waals surface area contributed by atoms with E-state index < -0.39 is 6.10 Å². The van der Waals surface area contributed by atoms with Crippen LogP contribution in [0.2, 0.25) is 0 Å². The summed E-state index contributed by atoms with van der Waals surface area (Å²) in [6, 6.07) is 0. The molecule has 0 aromatic rings. The highest BCUT2D eigenvalue weighted by Crippen LogP contribution is 1.89. The molecule has 0 aromatic heterocycles.